The minimum Gasteiger partial charge on any atom is -0.369 e. The highest BCUT2D eigenvalue weighted by Crippen LogP contribution is 2.26. The van der Waals surface area contributed by atoms with Crippen molar-refractivity contribution in [1.29, 1.82) is 0 Å². The first-order chi connectivity index (χ1) is 8.22. The van der Waals surface area contributed by atoms with Crippen molar-refractivity contribution in [3.05, 3.63) is 23.0 Å². The van der Waals surface area contributed by atoms with Gasteiger partial charge in [0.1, 0.15) is 5.15 Å². The Hall–Kier alpha value is -0.800. The number of aryl methyl sites for hydroxylation is 1. The zero-order chi connectivity index (χ0) is 11.8. The van der Waals surface area contributed by atoms with Crippen molar-refractivity contribution in [2.24, 2.45) is 0 Å². The van der Waals surface area contributed by atoms with Crippen LogP contribution in [0.5, 0.6) is 0 Å². The molecule has 0 aromatic carbocycles. The van der Waals surface area contributed by atoms with Crippen LogP contribution < -0.4 is 10.2 Å². The van der Waals surface area contributed by atoms with Gasteiger partial charge < -0.3 is 10.2 Å². The van der Waals surface area contributed by atoms with Crippen molar-refractivity contribution >= 4 is 17.3 Å². The van der Waals surface area contributed by atoms with Crippen molar-refractivity contribution in [3.8, 4) is 0 Å². The Morgan fingerprint density at radius 1 is 1.35 bits per heavy atom. The predicted molar refractivity (Wildman–Crippen MR) is 70.8 cm³/mol. The Morgan fingerprint density at radius 3 is 3.00 bits per heavy atom. The molecule has 0 amide bonds. The molecule has 2 aliphatic rings. The summed E-state index contributed by atoms with van der Waals surface area (Å²) < 4.78 is 0. The molecule has 2 atom stereocenters. The van der Waals surface area contributed by atoms with E-state index in [-0.39, 0.29) is 0 Å². The number of aromatic nitrogens is 1. The van der Waals surface area contributed by atoms with Crippen molar-refractivity contribution < 1.29 is 0 Å². The van der Waals surface area contributed by atoms with Crippen molar-refractivity contribution in [2.75, 3.05) is 18.0 Å². The average molecular weight is 252 g/mol. The van der Waals surface area contributed by atoms with Crippen LogP contribution in [0.2, 0.25) is 5.15 Å². The van der Waals surface area contributed by atoms with Crippen LogP contribution in [0.15, 0.2) is 12.3 Å². The highest BCUT2D eigenvalue weighted by Gasteiger charge is 2.29. The molecule has 1 N–H and O–H groups in total. The molecule has 2 bridgehead atoms. The van der Waals surface area contributed by atoms with Crippen LogP contribution in [-0.4, -0.2) is 30.2 Å². The van der Waals surface area contributed by atoms with E-state index in [0.717, 1.165) is 24.7 Å². The number of fused-ring (bicyclic) bond motifs is 2. The van der Waals surface area contributed by atoms with Gasteiger partial charge >= 0.3 is 0 Å². The number of nitrogens with one attached hydrogen (secondary N) is 1. The van der Waals surface area contributed by atoms with Gasteiger partial charge in [-0.2, -0.15) is 0 Å². The van der Waals surface area contributed by atoms with Gasteiger partial charge in [0.25, 0.3) is 0 Å². The fourth-order valence-corrected chi connectivity index (χ4v) is 3.00. The average Bonchev–Trinajstić information content (AvgIpc) is 2.63. The lowest BCUT2D eigenvalue weighted by Crippen LogP contribution is -2.35. The van der Waals surface area contributed by atoms with Gasteiger partial charge in [-0.15, -0.1) is 0 Å². The summed E-state index contributed by atoms with van der Waals surface area (Å²) in [6.45, 7) is 4.23. The SMILES string of the molecule is Cc1cc(N2CC[C@H]3CC[C@@H](C2)N3)cnc1Cl. The number of nitrogens with zero attached hydrogens (tertiary/aromatic N) is 2. The molecule has 0 unspecified atom stereocenters. The zero-order valence-electron chi connectivity index (χ0n) is 10.1. The molecule has 2 fully saturated rings. The van der Waals surface area contributed by atoms with E-state index in [2.05, 4.69) is 21.3 Å². The van der Waals surface area contributed by atoms with Crippen LogP contribution in [0.25, 0.3) is 0 Å². The zero-order valence-corrected chi connectivity index (χ0v) is 10.9. The second-order valence-electron chi connectivity index (χ2n) is 5.17. The van der Waals surface area contributed by atoms with E-state index >= 15 is 0 Å². The first-order valence-electron chi connectivity index (χ1n) is 6.35. The summed E-state index contributed by atoms with van der Waals surface area (Å²) >= 11 is 5.97. The number of pyridine rings is 1. The number of hydrogen-bond donors (Lipinski definition) is 1. The van der Waals surface area contributed by atoms with E-state index in [9.17, 15) is 0 Å². The van der Waals surface area contributed by atoms with Gasteiger partial charge in [0.2, 0.25) is 0 Å². The van der Waals surface area contributed by atoms with Crippen molar-refractivity contribution in [1.82, 2.24) is 10.3 Å². The number of halogens is 1. The van der Waals surface area contributed by atoms with Crippen LogP contribution in [0.4, 0.5) is 5.69 Å². The molecule has 17 heavy (non-hydrogen) atoms. The van der Waals surface area contributed by atoms with Gasteiger partial charge in [-0.1, -0.05) is 11.6 Å². The predicted octanol–water partition coefficient (Wildman–Crippen LogP) is 2.37. The Bertz CT molecular complexity index is 421. The monoisotopic (exact) mass is 251 g/mol. The van der Waals surface area contributed by atoms with E-state index in [1.165, 1.54) is 24.9 Å². The van der Waals surface area contributed by atoms with Crippen molar-refractivity contribution in [3.63, 3.8) is 0 Å². The molecule has 0 spiro atoms. The summed E-state index contributed by atoms with van der Waals surface area (Å²) in [5, 5.41) is 4.30. The van der Waals surface area contributed by atoms with Gasteiger partial charge in [0.05, 0.1) is 11.9 Å². The molecule has 2 saturated heterocycles. The van der Waals surface area contributed by atoms with Gasteiger partial charge in [0.15, 0.2) is 0 Å². The van der Waals surface area contributed by atoms with E-state index in [1.807, 2.05) is 13.1 Å². The normalized spacial score (nSPS) is 28.2. The second-order valence-corrected chi connectivity index (χ2v) is 5.53. The molecule has 4 heteroatoms. The lowest BCUT2D eigenvalue weighted by Gasteiger charge is -2.26. The Kier molecular flexibility index (Phi) is 2.97. The van der Waals surface area contributed by atoms with E-state index in [0.29, 0.717) is 11.2 Å². The minimum atomic E-state index is 0.614. The van der Waals surface area contributed by atoms with E-state index < -0.39 is 0 Å². The summed E-state index contributed by atoms with van der Waals surface area (Å²) in [6.07, 6.45) is 5.78. The molecule has 3 rings (SSSR count). The maximum Gasteiger partial charge on any atom is 0.132 e. The standard InChI is InChI=1S/C13H18ClN3/c1-9-6-12(7-15-13(9)14)17-5-4-10-2-3-11(8-17)16-10/h6-7,10-11,16H,2-5,8H2,1H3/t10-,11+/m1/s1. The lowest BCUT2D eigenvalue weighted by molar-refractivity contribution is 0.563. The maximum atomic E-state index is 5.97. The maximum absolute atomic E-state index is 5.97. The van der Waals surface area contributed by atoms with Crippen molar-refractivity contribution in [2.45, 2.75) is 38.3 Å². The molecule has 3 heterocycles. The number of rotatable bonds is 1. The third-order valence-electron chi connectivity index (χ3n) is 3.89. The number of anilines is 1. The molecule has 0 radical (unpaired) electrons. The summed E-state index contributed by atoms with van der Waals surface area (Å²) in [7, 11) is 0. The highest BCUT2D eigenvalue weighted by molar-refractivity contribution is 6.30. The molecular formula is C13H18ClN3. The number of hydrogen-bond acceptors (Lipinski definition) is 3. The molecule has 0 aliphatic carbocycles. The minimum absolute atomic E-state index is 0.614. The Morgan fingerprint density at radius 2 is 2.18 bits per heavy atom. The fraction of sp³-hybridized carbons (Fsp3) is 0.615. The smallest absolute Gasteiger partial charge is 0.132 e. The molecular weight excluding hydrogens is 234 g/mol. The summed E-state index contributed by atoms with van der Waals surface area (Å²) in [5.41, 5.74) is 2.27. The van der Waals surface area contributed by atoms with Crippen LogP contribution >= 0.6 is 11.6 Å². The van der Waals surface area contributed by atoms with E-state index in [4.69, 9.17) is 11.6 Å². The second kappa shape index (κ2) is 4.46. The third-order valence-corrected chi connectivity index (χ3v) is 4.28. The summed E-state index contributed by atoms with van der Waals surface area (Å²) in [6, 6.07) is 3.53. The van der Waals surface area contributed by atoms with Gasteiger partial charge in [-0.05, 0) is 37.8 Å². The topological polar surface area (TPSA) is 28.2 Å². The van der Waals surface area contributed by atoms with Gasteiger partial charge in [-0.3, -0.25) is 0 Å². The third kappa shape index (κ3) is 2.26. The van der Waals surface area contributed by atoms with Crippen LogP contribution in [0.3, 0.4) is 0 Å². The Labute approximate surface area is 107 Å². The summed E-state index contributed by atoms with van der Waals surface area (Å²) in [4.78, 5) is 6.69. The molecule has 2 aliphatic heterocycles. The molecule has 0 saturated carbocycles. The van der Waals surface area contributed by atoms with Crippen LogP contribution in [0, 0.1) is 6.92 Å². The first-order valence-corrected chi connectivity index (χ1v) is 6.73. The lowest BCUT2D eigenvalue weighted by atomic mass is 10.1. The molecule has 92 valence electrons. The van der Waals surface area contributed by atoms with Crippen LogP contribution in [-0.2, 0) is 0 Å². The van der Waals surface area contributed by atoms with Gasteiger partial charge in [0, 0.05) is 25.2 Å². The van der Waals surface area contributed by atoms with Gasteiger partial charge in [-0.25, -0.2) is 4.98 Å². The Balaban J connectivity index is 1.81. The quantitative estimate of drug-likeness (QED) is 0.777. The fourth-order valence-electron chi connectivity index (χ4n) is 2.89. The molecule has 1 aromatic heterocycles. The largest absolute Gasteiger partial charge is 0.369 e. The molecule has 1 aromatic rings. The van der Waals surface area contributed by atoms with E-state index in [1.54, 1.807) is 0 Å². The van der Waals surface area contributed by atoms with Crippen LogP contribution in [0.1, 0.15) is 24.8 Å². The highest BCUT2D eigenvalue weighted by atomic mass is 35.5. The summed E-state index contributed by atoms with van der Waals surface area (Å²) in [5.74, 6) is 0. The first kappa shape index (κ1) is 11.3. The molecule has 3 nitrogen and oxygen atoms in total.